The second-order valence-corrected chi connectivity index (χ2v) is 14.4. The van der Waals surface area contributed by atoms with Crippen molar-refractivity contribution in [2.75, 3.05) is 26.4 Å². The Morgan fingerprint density at radius 1 is 0.623 bits per heavy atom. The molecule has 0 radical (unpaired) electrons. The van der Waals surface area contributed by atoms with E-state index in [1.54, 1.807) is 0 Å². The first-order chi connectivity index (χ1) is 25.9. The SMILES string of the molecule is CC/C=C\C/C=C\C/C=C\C/C=C\CCCCC(=O)OC(COCCCCCCCCCCCCCCCCC)COC1OC(CO)C(O)C(O)C1O. The van der Waals surface area contributed by atoms with Crippen LogP contribution in [0.5, 0.6) is 0 Å². The van der Waals surface area contributed by atoms with Gasteiger partial charge in [-0.3, -0.25) is 4.79 Å². The number of aliphatic hydroxyl groups excluding tert-OH is 4. The third-order valence-corrected chi connectivity index (χ3v) is 9.51. The summed E-state index contributed by atoms with van der Waals surface area (Å²) in [5.74, 6) is -0.354. The molecule has 0 bridgehead atoms. The maximum Gasteiger partial charge on any atom is 0.306 e. The van der Waals surface area contributed by atoms with Crippen molar-refractivity contribution >= 4 is 5.97 Å². The molecule has 4 N–H and O–H groups in total. The average Bonchev–Trinajstić information content (AvgIpc) is 3.16. The van der Waals surface area contributed by atoms with Gasteiger partial charge in [0.25, 0.3) is 0 Å². The summed E-state index contributed by atoms with van der Waals surface area (Å²) < 4.78 is 22.7. The minimum absolute atomic E-state index is 0.129. The number of allylic oxidation sites excluding steroid dienone is 8. The van der Waals surface area contributed by atoms with Crippen molar-refractivity contribution in [1.29, 1.82) is 0 Å². The number of unbranched alkanes of at least 4 members (excludes halogenated alkanes) is 16. The Morgan fingerprint density at radius 2 is 1.15 bits per heavy atom. The van der Waals surface area contributed by atoms with E-state index < -0.39 is 43.4 Å². The third-order valence-electron chi connectivity index (χ3n) is 9.51. The molecule has 0 aliphatic carbocycles. The maximum absolute atomic E-state index is 12.7. The van der Waals surface area contributed by atoms with Crippen LogP contribution in [0.3, 0.4) is 0 Å². The van der Waals surface area contributed by atoms with Crippen molar-refractivity contribution < 1.29 is 44.2 Å². The zero-order valence-electron chi connectivity index (χ0n) is 33.5. The van der Waals surface area contributed by atoms with Gasteiger partial charge in [-0.25, -0.2) is 0 Å². The fraction of sp³-hybridized carbons (Fsp3) is 0.795. The van der Waals surface area contributed by atoms with E-state index in [4.69, 9.17) is 18.9 Å². The van der Waals surface area contributed by atoms with Gasteiger partial charge in [-0.2, -0.15) is 0 Å². The summed E-state index contributed by atoms with van der Waals surface area (Å²) >= 11 is 0. The zero-order valence-corrected chi connectivity index (χ0v) is 33.5. The Kier molecular flexibility index (Phi) is 33.2. The summed E-state index contributed by atoms with van der Waals surface area (Å²) in [6.07, 6.45) is 35.7. The van der Waals surface area contributed by atoms with Crippen molar-refractivity contribution in [3.05, 3.63) is 48.6 Å². The number of rotatable bonds is 35. The van der Waals surface area contributed by atoms with Crippen LogP contribution in [0.15, 0.2) is 48.6 Å². The van der Waals surface area contributed by atoms with Gasteiger partial charge < -0.3 is 39.4 Å². The van der Waals surface area contributed by atoms with Crippen molar-refractivity contribution in [1.82, 2.24) is 0 Å². The molecule has 6 atom stereocenters. The van der Waals surface area contributed by atoms with Crippen LogP contribution in [-0.4, -0.2) is 89.6 Å². The molecule has 0 saturated carbocycles. The smallest absolute Gasteiger partial charge is 0.306 e. The molecular formula is C44H78O9. The van der Waals surface area contributed by atoms with Crippen molar-refractivity contribution in [3.8, 4) is 0 Å². The van der Waals surface area contributed by atoms with Crippen molar-refractivity contribution in [2.24, 2.45) is 0 Å². The van der Waals surface area contributed by atoms with Crippen LogP contribution in [0, 0.1) is 0 Å². The summed E-state index contributed by atoms with van der Waals surface area (Å²) in [5, 5.41) is 40.0. The molecule has 1 saturated heterocycles. The molecule has 0 aromatic heterocycles. The molecule has 53 heavy (non-hydrogen) atoms. The summed E-state index contributed by atoms with van der Waals surface area (Å²) in [6, 6.07) is 0. The second-order valence-electron chi connectivity index (χ2n) is 14.4. The highest BCUT2D eigenvalue weighted by molar-refractivity contribution is 5.69. The minimum atomic E-state index is -1.54. The largest absolute Gasteiger partial charge is 0.457 e. The van der Waals surface area contributed by atoms with Gasteiger partial charge in [-0.05, 0) is 51.4 Å². The van der Waals surface area contributed by atoms with Crippen LogP contribution in [-0.2, 0) is 23.7 Å². The molecule has 1 aliphatic rings. The van der Waals surface area contributed by atoms with Crippen LogP contribution in [0.2, 0.25) is 0 Å². The Balaban J connectivity index is 2.32. The summed E-state index contributed by atoms with van der Waals surface area (Å²) in [4.78, 5) is 12.7. The summed E-state index contributed by atoms with van der Waals surface area (Å²) in [5.41, 5.74) is 0. The topological polar surface area (TPSA) is 135 Å². The highest BCUT2D eigenvalue weighted by Gasteiger charge is 2.44. The highest BCUT2D eigenvalue weighted by atomic mass is 16.7. The van der Waals surface area contributed by atoms with E-state index in [0.717, 1.165) is 51.4 Å². The molecule has 308 valence electrons. The monoisotopic (exact) mass is 751 g/mol. The number of aliphatic hydroxyl groups is 4. The van der Waals surface area contributed by atoms with Gasteiger partial charge in [0.2, 0.25) is 0 Å². The number of carbonyl (C=O) groups is 1. The van der Waals surface area contributed by atoms with Gasteiger partial charge in [0.1, 0.15) is 30.5 Å². The molecule has 9 nitrogen and oxygen atoms in total. The lowest BCUT2D eigenvalue weighted by atomic mass is 9.99. The van der Waals surface area contributed by atoms with E-state index in [0.29, 0.717) is 13.0 Å². The lowest BCUT2D eigenvalue weighted by Gasteiger charge is -2.39. The van der Waals surface area contributed by atoms with Gasteiger partial charge in [-0.1, -0.05) is 152 Å². The molecule has 1 heterocycles. The molecule has 1 rings (SSSR count). The Hall–Kier alpha value is -1.85. The van der Waals surface area contributed by atoms with E-state index in [1.807, 2.05) is 0 Å². The Labute approximate surface area is 322 Å². The lowest BCUT2D eigenvalue weighted by Crippen LogP contribution is -2.59. The van der Waals surface area contributed by atoms with Crippen LogP contribution >= 0.6 is 0 Å². The maximum atomic E-state index is 12.7. The number of carbonyl (C=O) groups excluding carboxylic acids is 1. The minimum Gasteiger partial charge on any atom is -0.457 e. The molecule has 0 aromatic carbocycles. The fourth-order valence-corrected chi connectivity index (χ4v) is 6.19. The molecule has 0 spiro atoms. The first kappa shape index (κ1) is 49.2. The molecule has 6 unspecified atom stereocenters. The predicted octanol–water partition coefficient (Wildman–Crippen LogP) is 8.97. The molecule has 1 aliphatic heterocycles. The first-order valence-electron chi connectivity index (χ1n) is 21.2. The summed E-state index contributed by atoms with van der Waals surface area (Å²) in [7, 11) is 0. The number of hydrogen-bond donors (Lipinski definition) is 4. The second kappa shape index (κ2) is 35.8. The molecule has 1 fully saturated rings. The van der Waals surface area contributed by atoms with E-state index >= 15 is 0 Å². The molecular weight excluding hydrogens is 672 g/mol. The van der Waals surface area contributed by atoms with E-state index in [2.05, 4.69) is 62.5 Å². The molecule has 0 aromatic rings. The number of hydrogen-bond acceptors (Lipinski definition) is 9. The number of esters is 1. The van der Waals surface area contributed by atoms with Gasteiger partial charge in [-0.15, -0.1) is 0 Å². The van der Waals surface area contributed by atoms with Crippen molar-refractivity contribution in [3.63, 3.8) is 0 Å². The van der Waals surface area contributed by atoms with Gasteiger partial charge in [0, 0.05) is 13.0 Å². The van der Waals surface area contributed by atoms with Gasteiger partial charge in [0.05, 0.1) is 19.8 Å². The van der Waals surface area contributed by atoms with Crippen LogP contribution in [0.1, 0.15) is 162 Å². The fourth-order valence-electron chi connectivity index (χ4n) is 6.19. The number of ether oxygens (including phenoxy) is 4. The summed E-state index contributed by atoms with van der Waals surface area (Å²) in [6.45, 7) is 4.39. The highest BCUT2D eigenvalue weighted by Crippen LogP contribution is 2.22. The van der Waals surface area contributed by atoms with E-state index in [9.17, 15) is 25.2 Å². The van der Waals surface area contributed by atoms with Crippen molar-refractivity contribution in [2.45, 2.75) is 198 Å². The zero-order chi connectivity index (χ0) is 38.6. The third kappa shape index (κ3) is 27.4. The van der Waals surface area contributed by atoms with Gasteiger partial charge >= 0.3 is 5.97 Å². The Bertz CT molecular complexity index is 947. The normalized spacial score (nSPS) is 21.5. The molecule has 9 heteroatoms. The van der Waals surface area contributed by atoms with E-state index in [-0.39, 0.29) is 25.6 Å². The standard InChI is InChI=1S/C44H78O9/c1-3-5-7-9-11-13-15-17-19-21-23-25-27-29-31-33-40(46)52-38(37-51-44-43(49)42(48)41(47)39(35-45)53-44)36-50-34-32-30-28-26-24-22-20-18-16-14-12-10-8-6-4-2/h5,7,11,13,17,19,23,25,38-39,41-45,47-49H,3-4,6,8-10,12,14-16,18,20-22,24,26-37H2,1-2H3/b7-5-,13-11-,19-17-,25-23-. The predicted molar refractivity (Wildman–Crippen MR) is 215 cm³/mol. The molecule has 0 amide bonds. The average molecular weight is 751 g/mol. The van der Waals surface area contributed by atoms with Crippen LogP contribution in [0.4, 0.5) is 0 Å². The Morgan fingerprint density at radius 3 is 1.70 bits per heavy atom. The van der Waals surface area contributed by atoms with Gasteiger partial charge in [0.15, 0.2) is 6.29 Å². The quantitative estimate of drug-likeness (QED) is 0.0285. The van der Waals surface area contributed by atoms with E-state index in [1.165, 1.54) is 83.5 Å². The first-order valence-corrected chi connectivity index (χ1v) is 21.2. The lowest BCUT2D eigenvalue weighted by molar-refractivity contribution is -0.305. The van der Waals surface area contributed by atoms with Crippen LogP contribution < -0.4 is 0 Å². The van der Waals surface area contributed by atoms with Crippen LogP contribution in [0.25, 0.3) is 0 Å².